The van der Waals surface area contributed by atoms with E-state index in [2.05, 4.69) is 12.2 Å². The smallest absolute Gasteiger partial charge is 0.312 e. The van der Waals surface area contributed by atoms with Crippen LogP contribution in [0.15, 0.2) is 18.2 Å². The Balaban J connectivity index is 2.71. The van der Waals surface area contributed by atoms with Crippen molar-refractivity contribution in [2.75, 3.05) is 12.4 Å². The minimum Gasteiger partial charge on any atom is -0.490 e. The molecule has 0 spiro atoms. The molecule has 6 nitrogen and oxygen atoms in total. The lowest BCUT2D eigenvalue weighted by Gasteiger charge is -2.07. The van der Waals surface area contributed by atoms with E-state index in [0.717, 1.165) is 19.3 Å². The van der Waals surface area contributed by atoms with Crippen LogP contribution in [0.2, 0.25) is 0 Å². The Morgan fingerprint density at radius 2 is 2.16 bits per heavy atom. The third kappa shape index (κ3) is 4.57. The van der Waals surface area contributed by atoms with E-state index >= 15 is 0 Å². The van der Waals surface area contributed by atoms with Gasteiger partial charge in [-0.15, -0.1) is 0 Å². The van der Waals surface area contributed by atoms with Crippen LogP contribution in [0.5, 0.6) is 5.75 Å². The first-order chi connectivity index (χ1) is 9.08. The van der Waals surface area contributed by atoms with Crippen LogP contribution in [0, 0.1) is 10.1 Å². The van der Waals surface area contributed by atoms with Gasteiger partial charge in [-0.25, -0.2) is 0 Å². The molecular formula is C13H18N2O4. The molecule has 0 aliphatic carbocycles. The minimum absolute atomic E-state index is 0.132. The zero-order chi connectivity index (χ0) is 14.3. The molecule has 0 fully saturated rings. The Labute approximate surface area is 111 Å². The summed E-state index contributed by atoms with van der Waals surface area (Å²) in [7, 11) is 1.37. The van der Waals surface area contributed by atoms with Crippen LogP contribution in [-0.4, -0.2) is 17.9 Å². The van der Waals surface area contributed by atoms with Crippen molar-refractivity contribution in [3.05, 3.63) is 28.3 Å². The second-order valence-corrected chi connectivity index (χ2v) is 4.15. The second kappa shape index (κ2) is 7.35. The Morgan fingerprint density at radius 1 is 1.42 bits per heavy atom. The number of unbranched alkanes of at least 4 members (excludes halogenated alkanes) is 2. The van der Waals surface area contributed by atoms with Crippen molar-refractivity contribution in [3.63, 3.8) is 0 Å². The summed E-state index contributed by atoms with van der Waals surface area (Å²) >= 11 is 0. The van der Waals surface area contributed by atoms with Gasteiger partial charge < -0.3 is 10.1 Å². The highest BCUT2D eigenvalue weighted by molar-refractivity contribution is 5.91. The molecule has 0 heterocycles. The number of nitrogens with one attached hydrogen (secondary N) is 1. The summed E-state index contributed by atoms with van der Waals surface area (Å²) in [5.41, 5.74) is 0.253. The SMILES string of the molecule is CCCCCC(=O)Nc1ccc(OC)c([N+](=O)[O-])c1. The number of carbonyl (C=O) groups is 1. The number of nitrogens with zero attached hydrogens (tertiary/aromatic N) is 1. The van der Waals surface area contributed by atoms with Gasteiger partial charge >= 0.3 is 5.69 Å². The number of carbonyl (C=O) groups excluding carboxylic acids is 1. The summed E-state index contributed by atoms with van der Waals surface area (Å²) < 4.78 is 4.89. The molecule has 1 N–H and O–H groups in total. The van der Waals surface area contributed by atoms with Crippen LogP contribution >= 0.6 is 0 Å². The number of rotatable bonds is 7. The van der Waals surface area contributed by atoms with Gasteiger partial charge in [0.25, 0.3) is 0 Å². The monoisotopic (exact) mass is 266 g/mol. The van der Waals surface area contributed by atoms with Crippen LogP contribution in [0.4, 0.5) is 11.4 Å². The highest BCUT2D eigenvalue weighted by Gasteiger charge is 2.15. The molecule has 1 aromatic carbocycles. The molecule has 0 aliphatic rings. The van der Waals surface area contributed by atoms with Crippen LogP contribution in [-0.2, 0) is 4.79 Å². The van der Waals surface area contributed by atoms with E-state index in [1.165, 1.54) is 19.2 Å². The zero-order valence-electron chi connectivity index (χ0n) is 11.1. The summed E-state index contributed by atoms with van der Waals surface area (Å²) in [6, 6.07) is 4.36. The number of hydrogen-bond donors (Lipinski definition) is 1. The molecule has 0 bridgehead atoms. The molecule has 0 saturated carbocycles. The van der Waals surface area contributed by atoms with Gasteiger partial charge in [0, 0.05) is 18.2 Å². The Hall–Kier alpha value is -2.11. The molecule has 1 rings (SSSR count). The Bertz CT molecular complexity index is 460. The lowest BCUT2D eigenvalue weighted by atomic mass is 10.2. The van der Waals surface area contributed by atoms with Crippen molar-refractivity contribution >= 4 is 17.3 Å². The highest BCUT2D eigenvalue weighted by Crippen LogP contribution is 2.29. The van der Waals surface area contributed by atoms with Gasteiger partial charge in [0.05, 0.1) is 12.0 Å². The summed E-state index contributed by atoms with van der Waals surface area (Å²) in [6.45, 7) is 2.06. The molecule has 1 aromatic rings. The Morgan fingerprint density at radius 3 is 2.74 bits per heavy atom. The van der Waals surface area contributed by atoms with Gasteiger partial charge in [0.15, 0.2) is 5.75 Å². The Kier molecular flexibility index (Phi) is 5.78. The number of nitro groups is 1. The number of ether oxygens (including phenoxy) is 1. The largest absolute Gasteiger partial charge is 0.490 e. The van der Waals surface area contributed by atoms with Gasteiger partial charge in [0.2, 0.25) is 5.91 Å². The zero-order valence-corrected chi connectivity index (χ0v) is 11.1. The average molecular weight is 266 g/mol. The van der Waals surface area contributed by atoms with E-state index in [4.69, 9.17) is 4.74 Å². The first-order valence-electron chi connectivity index (χ1n) is 6.20. The number of anilines is 1. The topological polar surface area (TPSA) is 81.5 Å². The van der Waals surface area contributed by atoms with E-state index in [-0.39, 0.29) is 17.3 Å². The van der Waals surface area contributed by atoms with Crippen molar-refractivity contribution in [2.45, 2.75) is 32.6 Å². The highest BCUT2D eigenvalue weighted by atomic mass is 16.6. The van der Waals surface area contributed by atoms with Crippen LogP contribution < -0.4 is 10.1 Å². The molecular weight excluding hydrogens is 248 g/mol. The fraction of sp³-hybridized carbons (Fsp3) is 0.462. The normalized spacial score (nSPS) is 10.0. The lowest BCUT2D eigenvalue weighted by molar-refractivity contribution is -0.385. The van der Waals surface area contributed by atoms with E-state index in [1.54, 1.807) is 6.07 Å². The lowest BCUT2D eigenvalue weighted by Crippen LogP contribution is -2.11. The first kappa shape index (κ1) is 14.9. The minimum atomic E-state index is -0.536. The number of methoxy groups -OCH3 is 1. The number of amides is 1. The van der Waals surface area contributed by atoms with Crippen molar-refractivity contribution in [1.82, 2.24) is 0 Å². The molecule has 0 unspecified atom stereocenters. The van der Waals surface area contributed by atoms with Crippen molar-refractivity contribution < 1.29 is 14.5 Å². The molecule has 6 heteroatoms. The maximum atomic E-state index is 11.6. The second-order valence-electron chi connectivity index (χ2n) is 4.15. The van der Waals surface area contributed by atoms with E-state index in [1.807, 2.05) is 0 Å². The fourth-order valence-corrected chi connectivity index (χ4v) is 1.67. The van der Waals surface area contributed by atoms with Crippen molar-refractivity contribution in [2.24, 2.45) is 0 Å². The number of benzene rings is 1. The van der Waals surface area contributed by atoms with Gasteiger partial charge in [-0.3, -0.25) is 14.9 Å². The van der Waals surface area contributed by atoms with Crippen LogP contribution in [0.3, 0.4) is 0 Å². The predicted octanol–water partition coefficient (Wildman–Crippen LogP) is 3.12. The van der Waals surface area contributed by atoms with Crippen LogP contribution in [0.1, 0.15) is 32.6 Å². The summed E-state index contributed by atoms with van der Waals surface area (Å²) in [5, 5.41) is 13.5. The maximum absolute atomic E-state index is 11.6. The molecule has 19 heavy (non-hydrogen) atoms. The van der Waals surface area contributed by atoms with Gasteiger partial charge in [-0.1, -0.05) is 19.8 Å². The average Bonchev–Trinajstić information content (AvgIpc) is 2.39. The van der Waals surface area contributed by atoms with E-state index in [0.29, 0.717) is 12.1 Å². The third-order valence-electron chi connectivity index (χ3n) is 2.67. The summed E-state index contributed by atoms with van der Waals surface area (Å²) in [6.07, 6.45) is 3.28. The fourth-order valence-electron chi connectivity index (χ4n) is 1.67. The third-order valence-corrected chi connectivity index (χ3v) is 2.67. The van der Waals surface area contributed by atoms with Gasteiger partial charge in [-0.05, 0) is 18.6 Å². The first-order valence-corrected chi connectivity index (χ1v) is 6.20. The van der Waals surface area contributed by atoms with Crippen LogP contribution in [0.25, 0.3) is 0 Å². The van der Waals surface area contributed by atoms with Crippen molar-refractivity contribution in [3.8, 4) is 5.75 Å². The summed E-state index contributed by atoms with van der Waals surface area (Å²) in [4.78, 5) is 21.9. The molecule has 0 aromatic heterocycles. The van der Waals surface area contributed by atoms with Crippen molar-refractivity contribution in [1.29, 1.82) is 0 Å². The van der Waals surface area contributed by atoms with E-state index < -0.39 is 4.92 Å². The van der Waals surface area contributed by atoms with Gasteiger partial charge in [0.1, 0.15) is 0 Å². The molecule has 0 atom stereocenters. The predicted molar refractivity (Wildman–Crippen MR) is 72.4 cm³/mol. The molecule has 0 saturated heterocycles. The number of hydrogen-bond acceptors (Lipinski definition) is 4. The summed E-state index contributed by atoms with van der Waals surface area (Å²) in [5.74, 6) is 0.0434. The van der Waals surface area contributed by atoms with Gasteiger partial charge in [-0.2, -0.15) is 0 Å². The quantitative estimate of drug-likeness (QED) is 0.467. The maximum Gasteiger partial charge on any atom is 0.312 e. The molecule has 1 amide bonds. The molecule has 104 valence electrons. The standard InChI is InChI=1S/C13H18N2O4/c1-3-4-5-6-13(16)14-10-7-8-12(19-2)11(9-10)15(17)18/h7-9H,3-6H2,1-2H3,(H,14,16). The number of nitro benzene ring substituents is 1. The molecule has 0 radical (unpaired) electrons. The van der Waals surface area contributed by atoms with E-state index in [9.17, 15) is 14.9 Å². The molecule has 0 aliphatic heterocycles.